The molecule has 8 heteroatoms. The van der Waals surface area contributed by atoms with Crippen LogP contribution in [0.3, 0.4) is 0 Å². The van der Waals surface area contributed by atoms with E-state index in [1.807, 2.05) is 25.1 Å². The molecule has 1 aromatic carbocycles. The molecular formula is C20H26N4O4. The molecule has 8 nitrogen and oxygen atoms in total. The zero-order valence-electron chi connectivity index (χ0n) is 16.5. The third-order valence-corrected chi connectivity index (χ3v) is 4.73. The van der Waals surface area contributed by atoms with Crippen LogP contribution >= 0.6 is 0 Å². The lowest BCUT2D eigenvalue weighted by molar-refractivity contribution is -0.117. The van der Waals surface area contributed by atoms with Crippen molar-refractivity contribution in [3.8, 4) is 5.69 Å². The first-order chi connectivity index (χ1) is 13.3. The van der Waals surface area contributed by atoms with E-state index in [1.165, 1.54) is 0 Å². The monoisotopic (exact) mass is 386 g/mol. The molecule has 2 aromatic rings. The van der Waals surface area contributed by atoms with E-state index in [2.05, 4.69) is 10.3 Å². The number of anilines is 1. The fourth-order valence-electron chi connectivity index (χ4n) is 3.61. The summed E-state index contributed by atoms with van der Waals surface area (Å²) in [5.41, 5.74) is 3.00. The molecule has 1 aliphatic heterocycles. The Morgan fingerprint density at radius 3 is 2.75 bits per heavy atom. The summed E-state index contributed by atoms with van der Waals surface area (Å²) >= 11 is 0. The summed E-state index contributed by atoms with van der Waals surface area (Å²) in [6, 6.07) is 5.35. The molecule has 150 valence electrons. The van der Waals surface area contributed by atoms with Gasteiger partial charge in [0.25, 0.3) is 0 Å². The molecule has 2 heterocycles. The zero-order chi connectivity index (χ0) is 20.4. The quantitative estimate of drug-likeness (QED) is 0.842. The second-order valence-corrected chi connectivity index (χ2v) is 7.30. The topological polar surface area (TPSA) is 96.7 Å². The number of ether oxygens (including phenoxy) is 1. The van der Waals surface area contributed by atoms with Crippen molar-refractivity contribution in [1.29, 1.82) is 0 Å². The van der Waals surface area contributed by atoms with Gasteiger partial charge in [0.1, 0.15) is 0 Å². The molecule has 2 atom stereocenters. The van der Waals surface area contributed by atoms with Gasteiger partial charge in [0.2, 0.25) is 5.91 Å². The largest absolute Gasteiger partial charge is 0.447 e. The second-order valence-electron chi connectivity index (χ2n) is 7.30. The van der Waals surface area contributed by atoms with Crippen LogP contribution in [0.2, 0.25) is 0 Å². The Labute approximate surface area is 164 Å². The number of benzene rings is 1. The number of aliphatic hydroxyl groups excluding tert-OH is 1. The van der Waals surface area contributed by atoms with Crippen LogP contribution in [0, 0.1) is 0 Å². The van der Waals surface area contributed by atoms with Gasteiger partial charge in [0.15, 0.2) is 0 Å². The van der Waals surface area contributed by atoms with Crippen molar-refractivity contribution in [3.63, 3.8) is 0 Å². The third-order valence-electron chi connectivity index (χ3n) is 4.73. The Kier molecular flexibility index (Phi) is 5.69. The Morgan fingerprint density at radius 1 is 1.39 bits per heavy atom. The number of hydrogen-bond donors (Lipinski definition) is 2. The van der Waals surface area contributed by atoms with Crippen LogP contribution in [0.25, 0.3) is 5.69 Å². The normalized spacial score (nSPS) is 18.7. The lowest BCUT2D eigenvalue weighted by Gasteiger charge is -2.39. The van der Waals surface area contributed by atoms with Crippen LogP contribution in [0.5, 0.6) is 0 Å². The number of aromatic nitrogens is 2. The van der Waals surface area contributed by atoms with Gasteiger partial charge in [-0.15, -0.1) is 0 Å². The number of imidazole rings is 1. The lowest BCUT2D eigenvalue weighted by atomic mass is 9.91. The fraction of sp³-hybridized carbons (Fsp3) is 0.450. The van der Waals surface area contributed by atoms with E-state index >= 15 is 0 Å². The predicted octanol–water partition coefficient (Wildman–Crippen LogP) is 2.69. The van der Waals surface area contributed by atoms with Gasteiger partial charge in [-0.05, 0) is 45.4 Å². The average Bonchev–Trinajstić information content (AvgIpc) is 3.09. The first-order valence-corrected chi connectivity index (χ1v) is 9.35. The zero-order valence-corrected chi connectivity index (χ0v) is 16.5. The van der Waals surface area contributed by atoms with E-state index in [-0.39, 0.29) is 30.7 Å². The number of nitrogens with zero attached hydrogens (tertiary/aromatic N) is 3. The number of amides is 2. The highest BCUT2D eigenvalue weighted by Crippen LogP contribution is 2.38. The number of nitrogens with one attached hydrogen (secondary N) is 1. The van der Waals surface area contributed by atoms with Gasteiger partial charge in [0.05, 0.1) is 30.8 Å². The van der Waals surface area contributed by atoms with Crippen molar-refractivity contribution in [2.75, 3.05) is 4.90 Å². The fourth-order valence-corrected chi connectivity index (χ4v) is 3.61. The summed E-state index contributed by atoms with van der Waals surface area (Å²) in [5.74, 6) is -0.0464. The highest BCUT2D eigenvalue weighted by atomic mass is 16.6. The molecule has 0 aliphatic carbocycles. The van der Waals surface area contributed by atoms with Crippen molar-refractivity contribution in [2.45, 2.75) is 58.9 Å². The van der Waals surface area contributed by atoms with E-state index < -0.39 is 6.09 Å². The van der Waals surface area contributed by atoms with Crippen LogP contribution in [0.15, 0.2) is 30.7 Å². The molecule has 2 amide bonds. The molecule has 0 bridgehead atoms. The Morgan fingerprint density at radius 2 is 2.14 bits per heavy atom. The number of rotatable bonds is 4. The van der Waals surface area contributed by atoms with E-state index in [9.17, 15) is 14.7 Å². The molecule has 0 radical (unpaired) electrons. The summed E-state index contributed by atoms with van der Waals surface area (Å²) in [5, 5.41) is 12.2. The predicted molar refractivity (Wildman–Crippen MR) is 104 cm³/mol. The summed E-state index contributed by atoms with van der Waals surface area (Å²) < 4.78 is 7.03. The van der Waals surface area contributed by atoms with Gasteiger partial charge < -0.3 is 24.6 Å². The number of carbonyl (C=O) groups is 2. The minimum Gasteiger partial charge on any atom is -0.447 e. The van der Waals surface area contributed by atoms with E-state index in [1.54, 1.807) is 42.8 Å². The molecule has 0 saturated heterocycles. The maximum atomic E-state index is 12.2. The van der Waals surface area contributed by atoms with Gasteiger partial charge in [0, 0.05) is 36.1 Å². The number of carbonyl (C=O) groups excluding carboxylic acids is 2. The van der Waals surface area contributed by atoms with Crippen LogP contribution in [-0.4, -0.2) is 38.8 Å². The maximum Gasteiger partial charge on any atom is 0.407 e. The van der Waals surface area contributed by atoms with Crippen molar-refractivity contribution in [2.24, 2.45) is 0 Å². The smallest absolute Gasteiger partial charge is 0.407 e. The Hall–Kier alpha value is -2.87. The average molecular weight is 386 g/mol. The van der Waals surface area contributed by atoms with Gasteiger partial charge in [-0.1, -0.05) is 0 Å². The molecule has 1 aliphatic rings. The van der Waals surface area contributed by atoms with Crippen molar-refractivity contribution in [1.82, 2.24) is 14.9 Å². The highest BCUT2D eigenvalue weighted by Gasteiger charge is 2.33. The van der Waals surface area contributed by atoms with E-state index in [0.717, 1.165) is 16.9 Å². The molecule has 28 heavy (non-hydrogen) atoms. The van der Waals surface area contributed by atoms with Gasteiger partial charge in [-0.3, -0.25) is 4.79 Å². The molecule has 0 saturated carbocycles. The number of hydrogen-bond acceptors (Lipinski definition) is 5. The molecule has 1 aromatic heterocycles. The maximum absolute atomic E-state index is 12.2. The summed E-state index contributed by atoms with van der Waals surface area (Å²) in [6.07, 6.45) is 3.24. The minimum absolute atomic E-state index is 0.0464. The van der Waals surface area contributed by atoms with Crippen LogP contribution in [-0.2, 0) is 16.1 Å². The van der Waals surface area contributed by atoms with Crippen LogP contribution in [0.1, 0.15) is 51.4 Å². The highest BCUT2D eigenvalue weighted by molar-refractivity contribution is 5.94. The van der Waals surface area contributed by atoms with Gasteiger partial charge >= 0.3 is 6.09 Å². The summed E-state index contributed by atoms with van der Waals surface area (Å²) in [6.45, 7) is 6.95. The Balaban J connectivity index is 2.00. The second kappa shape index (κ2) is 8.02. The summed E-state index contributed by atoms with van der Waals surface area (Å²) in [4.78, 5) is 30.3. The number of aliphatic hydroxyl groups is 1. The van der Waals surface area contributed by atoms with Crippen molar-refractivity contribution in [3.05, 3.63) is 42.0 Å². The summed E-state index contributed by atoms with van der Waals surface area (Å²) in [7, 11) is 0. The standard InChI is InChI=1S/C20H26N4O4/c1-12(2)28-20(27)22-18-7-13(3)24(14(4)26)19-6-5-16(8-17(18)19)23-9-15(10-25)21-11-23/h5-6,8-9,11-13,18,25H,7,10H2,1-4H3,(H,22,27). The molecule has 0 fully saturated rings. The molecule has 2 N–H and O–H groups in total. The first-order valence-electron chi connectivity index (χ1n) is 9.35. The third kappa shape index (κ3) is 4.01. The molecule has 0 spiro atoms. The number of fused-ring (bicyclic) bond motifs is 1. The van der Waals surface area contributed by atoms with E-state index in [4.69, 9.17) is 4.74 Å². The van der Waals surface area contributed by atoms with Crippen molar-refractivity contribution < 1.29 is 19.4 Å². The van der Waals surface area contributed by atoms with Gasteiger partial charge in [-0.2, -0.15) is 0 Å². The SMILES string of the molecule is CC(=O)N1c2ccc(-n3cnc(CO)c3)cc2C(NC(=O)OC(C)C)CC1C. The van der Waals surface area contributed by atoms with E-state index in [0.29, 0.717) is 12.1 Å². The number of alkyl carbamates (subject to hydrolysis) is 1. The molecular weight excluding hydrogens is 360 g/mol. The molecule has 3 rings (SSSR count). The van der Waals surface area contributed by atoms with Crippen molar-refractivity contribution >= 4 is 17.7 Å². The lowest BCUT2D eigenvalue weighted by Crippen LogP contribution is -2.45. The van der Waals surface area contributed by atoms with Gasteiger partial charge in [-0.25, -0.2) is 9.78 Å². The minimum atomic E-state index is -0.481. The van der Waals surface area contributed by atoms with Crippen LogP contribution < -0.4 is 10.2 Å². The first kappa shape index (κ1) is 19.9. The Bertz CT molecular complexity index is 877. The van der Waals surface area contributed by atoms with Crippen LogP contribution in [0.4, 0.5) is 10.5 Å². The molecule has 2 unspecified atom stereocenters.